The third kappa shape index (κ3) is 4.17. The lowest BCUT2D eigenvalue weighted by atomic mass is 9.83. The molecule has 1 aliphatic carbocycles. The first kappa shape index (κ1) is 23.4. The van der Waals surface area contributed by atoms with Gasteiger partial charge in [0, 0.05) is 48.7 Å². The lowest BCUT2D eigenvalue weighted by Gasteiger charge is -2.32. The summed E-state index contributed by atoms with van der Waals surface area (Å²) in [5.41, 5.74) is 10.1. The van der Waals surface area contributed by atoms with Gasteiger partial charge in [-0.25, -0.2) is 4.68 Å². The third-order valence-electron chi connectivity index (χ3n) is 7.53. The van der Waals surface area contributed by atoms with Gasteiger partial charge in [0.05, 0.1) is 16.7 Å². The molecule has 1 fully saturated rings. The van der Waals surface area contributed by atoms with Crippen LogP contribution in [0.3, 0.4) is 0 Å². The third-order valence-corrected chi connectivity index (χ3v) is 7.53. The fraction of sp³-hybridized carbons (Fsp3) is 0.519. The van der Waals surface area contributed by atoms with Crippen LogP contribution in [-0.4, -0.2) is 53.4 Å². The first-order chi connectivity index (χ1) is 15.8. The van der Waals surface area contributed by atoms with Crippen LogP contribution in [0.5, 0.6) is 0 Å². The van der Waals surface area contributed by atoms with Crippen molar-refractivity contribution in [3.8, 4) is 11.3 Å². The van der Waals surface area contributed by atoms with Gasteiger partial charge in [0.25, 0.3) is 0 Å². The van der Waals surface area contributed by atoms with Gasteiger partial charge in [-0.2, -0.15) is 5.10 Å². The van der Waals surface area contributed by atoms with Crippen molar-refractivity contribution in [3.05, 3.63) is 46.2 Å². The van der Waals surface area contributed by atoms with Gasteiger partial charge in [-0.15, -0.1) is 0 Å². The second kappa shape index (κ2) is 9.26. The number of hydrogen-bond donors (Lipinski definition) is 1. The molecule has 176 valence electrons. The molecule has 0 atom stereocenters. The van der Waals surface area contributed by atoms with E-state index in [1.165, 1.54) is 42.5 Å². The van der Waals surface area contributed by atoms with Gasteiger partial charge in [0.1, 0.15) is 0 Å². The van der Waals surface area contributed by atoms with Crippen LogP contribution < -0.4 is 5.49 Å². The average Bonchev–Trinajstić information content (AvgIpc) is 3.19. The first-order valence-corrected chi connectivity index (χ1v) is 12.1. The predicted octanol–water partition coefficient (Wildman–Crippen LogP) is 5.35. The van der Waals surface area contributed by atoms with E-state index in [1.807, 2.05) is 6.20 Å². The van der Waals surface area contributed by atoms with Crippen LogP contribution in [0.4, 0.5) is 0 Å². The zero-order valence-electron chi connectivity index (χ0n) is 21.2. The highest BCUT2D eigenvalue weighted by atomic mass is 15.3. The summed E-state index contributed by atoms with van der Waals surface area (Å²) in [4.78, 5) is 15.7. The van der Waals surface area contributed by atoms with E-state index in [4.69, 9.17) is 4.98 Å². The Morgan fingerprint density at radius 2 is 1.82 bits per heavy atom. The molecule has 3 aromatic rings. The van der Waals surface area contributed by atoms with Crippen molar-refractivity contribution in [2.75, 3.05) is 21.1 Å². The number of aromatic nitrogens is 3. The second-order valence-corrected chi connectivity index (χ2v) is 10.00. The molecule has 6 heteroatoms. The molecular formula is C27H38N6. The summed E-state index contributed by atoms with van der Waals surface area (Å²) < 4.78 is 1.77. The summed E-state index contributed by atoms with van der Waals surface area (Å²) in [7, 11) is 6.19. The van der Waals surface area contributed by atoms with Crippen LogP contribution in [0.25, 0.3) is 22.3 Å². The molecule has 1 saturated carbocycles. The Labute approximate surface area is 197 Å². The molecular weight excluding hydrogens is 408 g/mol. The zero-order chi connectivity index (χ0) is 23.9. The molecule has 0 unspecified atom stereocenters. The van der Waals surface area contributed by atoms with E-state index < -0.39 is 0 Å². The summed E-state index contributed by atoms with van der Waals surface area (Å²) in [6.45, 7) is 12.5. The first-order valence-electron chi connectivity index (χ1n) is 12.1. The topological polar surface area (TPSA) is 61.6 Å². The molecule has 0 spiro atoms. The maximum absolute atomic E-state index is 5.26. The Kier molecular flexibility index (Phi) is 6.57. The van der Waals surface area contributed by atoms with Crippen molar-refractivity contribution in [1.82, 2.24) is 19.5 Å². The Balaban J connectivity index is 1.83. The molecule has 0 bridgehead atoms. The molecule has 1 N–H and O–H groups in total. The lowest BCUT2D eigenvalue weighted by Crippen LogP contribution is -2.31. The monoisotopic (exact) mass is 446 g/mol. The number of hydrogen-bond acceptors (Lipinski definition) is 4. The predicted molar refractivity (Wildman–Crippen MR) is 138 cm³/mol. The molecule has 0 saturated heterocycles. The SMILES string of the molecule is C=Nn1cc(-c2[nH]c3ccc(C4CCC(N(C)C)CC4)nc3c2C(C)C)c(C)c(C)/c1=N/C. The number of aromatic amines is 1. The number of nitrogens with one attached hydrogen (secondary N) is 1. The minimum Gasteiger partial charge on any atom is -0.353 e. The number of nitrogens with zero attached hydrogens (tertiary/aromatic N) is 5. The summed E-state index contributed by atoms with van der Waals surface area (Å²) in [5.74, 6) is 0.881. The Morgan fingerprint density at radius 1 is 1.12 bits per heavy atom. The summed E-state index contributed by atoms with van der Waals surface area (Å²) >= 11 is 0. The fourth-order valence-corrected chi connectivity index (χ4v) is 5.44. The highest BCUT2D eigenvalue weighted by Gasteiger charge is 2.26. The van der Waals surface area contributed by atoms with E-state index >= 15 is 0 Å². The highest BCUT2D eigenvalue weighted by molar-refractivity contribution is 5.89. The summed E-state index contributed by atoms with van der Waals surface area (Å²) in [5, 5.41) is 4.19. The Hall–Kier alpha value is -2.73. The fourth-order valence-electron chi connectivity index (χ4n) is 5.44. The largest absolute Gasteiger partial charge is 0.353 e. The van der Waals surface area contributed by atoms with Gasteiger partial charge in [-0.3, -0.25) is 9.98 Å². The van der Waals surface area contributed by atoms with Crippen LogP contribution in [0, 0.1) is 13.8 Å². The van der Waals surface area contributed by atoms with Crippen LogP contribution in [-0.2, 0) is 0 Å². The zero-order valence-corrected chi connectivity index (χ0v) is 21.2. The average molecular weight is 447 g/mol. The standard InChI is InChI=1S/C27H38N6/c1-16(2)24-25(21-15-33(29-6)27(28-5)18(4)17(21)3)31-23-14-13-22(30-26(23)24)19-9-11-20(12-10-19)32(7)8/h13-16,19-20,31H,6,9-12H2,1-5,7-8H3/b28-27-. The molecule has 0 aliphatic heterocycles. The quantitative estimate of drug-likeness (QED) is 0.537. The van der Waals surface area contributed by atoms with Crippen molar-refractivity contribution < 1.29 is 0 Å². The Morgan fingerprint density at radius 3 is 2.39 bits per heavy atom. The van der Waals surface area contributed by atoms with Crippen LogP contribution in [0.15, 0.2) is 28.4 Å². The van der Waals surface area contributed by atoms with Crippen molar-refractivity contribution in [2.24, 2.45) is 10.1 Å². The van der Waals surface area contributed by atoms with E-state index in [-0.39, 0.29) is 0 Å². The van der Waals surface area contributed by atoms with E-state index in [1.54, 1.807) is 11.7 Å². The number of rotatable bonds is 5. The van der Waals surface area contributed by atoms with Gasteiger partial charge >= 0.3 is 0 Å². The van der Waals surface area contributed by atoms with Crippen molar-refractivity contribution >= 4 is 17.8 Å². The molecule has 0 radical (unpaired) electrons. The van der Waals surface area contributed by atoms with Gasteiger partial charge in [-0.1, -0.05) is 13.8 Å². The molecule has 0 amide bonds. The normalized spacial score (nSPS) is 19.7. The lowest BCUT2D eigenvalue weighted by molar-refractivity contribution is 0.215. The number of fused-ring (bicyclic) bond motifs is 1. The van der Waals surface area contributed by atoms with Crippen molar-refractivity contribution in [1.29, 1.82) is 0 Å². The molecule has 33 heavy (non-hydrogen) atoms. The van der Waals surface area contributed by atoms with Gasteiger partial charge in [0.15, 0.2) is 5.49 Å². The highest BCUT2D eigenvalue weighted by Crippen LogP contribution is 2.39. The van der Waals surface area contributed by atoms with Crippen LogP contribution in [0.2, 0.25) is 0 Å². The second-order valence-electron chi connectivity index (χ2n) is 10.00. The van der Waals surface area contributed by atoms with Crippen molar-refractivity contribution in [3.63, 3.8) is 0 Å². The van der Waals surface area contributed by atoms with Gasteiger partial charge in [0.2, 0.25) is 0 Å². The smallest absolute Gasteiger partial charge is 0.151 e. The van der Waals surface area contributed by atoms with Crippen LogP contribution in [0.1, 0.15) is 73.8 Å². The molecule has 1 aliphatic rings. The van der Waals surface area contributed by atoms with E-state index in [0.717, 1.165) is 33.3 Å². The number of pyridine rings is 2. The van der Waals surface area contributed by atoms with E-state index in [9.17, 15) is 0 Å². The van der Waals surface area contributed by atoms with Gasteiger partial charge < -0.3 is 9.88 Å². The van der Waals surface area contributed by atoms with Crippen LogP contribution >= 0.6 is 0 Å². The van der Waals surface area contributed by atoms with E-state index in [2.05, 4.69) is 80.6 Å². The summed E-state index contributed by atoms with van der Waals surface area (Å²) in [6.07, 6.45) is 6.95. The molecule has 4 rings (SSSR count). The maximum atomic E-state index is 5.26. The summed E-state index contributed by atoms with van der Waals surface area (Å²) in [6, 6.07) is 5.16. The Bertz CT molecular complexity index is 1240. The van der Waals surface area contributed by atoms with E-state index in [0.29, 0.717) is 17.9 Å². The van der Waals surface area contributed by atoms with Crippen molar-refractivity contribution in [2.45, 2.75) is 71.3 Å². The maximum Gasteiger partial charge on any atom is 0.151 e. The molecule has 6 nitrogen and oxygen atoms in total. The molecule has 3 aromatic heterocycles. The molecule has 3 heterocycles. The minimum atomic E-state index is 0.335. The minimum absolute atomic E-state index is 0.335. The van der Waals surface area contributed by atoms with Gasteiger partial charge in [-0.05, 0) is 82.8 Å². The molecule has 0 aromatic carbocycles. The number of H-pyrrole nitrogens is 1.